The minimum Gasteiger partial charge on any atom is -0.301 e. The van der Waals surface area contributed by atoms with Crippen LogP contribution in [0.5, 0.6) is 0 Å². The average Bonchev–Trinajstić information content (AvgIpc) is 2.89. The molecule has 0 bridgehead atoms. The Balaban J connectivity index is 1.39. The summed E-state index contributed by atoms with van der Waals surface area (Å²) >= 11 is 0. The van der Waals surface area contributed by atoms with E-state index >= 15 is 0 Å². The molecule has 1 unspecified atom stereocenters. The molecule has 1 heterocycles. The van der Waals surface area contributed by atoms with Gasteiger partial charge in [-0.25, -0.2) is 0 Å². The molecule has 3 aromatic rings. The molecule has 182 valence electrons. The van der Waals surface area contributed by atoms with Crippen molar-refractivity contribution in [3.8, 4) is 6.07 Å². The minimum absolute atomic E-state index is 0.281. The van der Waals surface area contributed by atoms with Gasteiger partial charge in [0.15, 0.2) is 0 Å². The third kappa shape index (κ3) is 5.67. The van der Waals surface area contributed by atoms with Crippen LogP contribution in [0.15, 0.2) is 84.9 Å². The summed E-state index contributed by atoms with van der Waals surface area (Å²) in [5, 5.41) is 10.3. The summed E-state index contributed by atoms with van der Waals surface area (Å²) in [6.45, 7) is 11.8. The van der Waals surface area contributed by atoms with E-state index in [1.807, 2.05) is 0 Å². The maximum Gasteiger partial charge on any atom is 0.0848 e. The molecule has 1 atom stereocenters. The van der Waals surface area contributed by atoms with Crippen molar-refractivity contribution in [2.45, 2.75) is 45.1 Å². The van der Waals surface area contributed by atoms with Gasteiger partial charge in [-0.15, -0.1) is 0 Å². The number of benzene rings is 3. The van der Waals surface area contributed by atoms with Crippen LogP contribution in [-0.4, -0.2) is 42.5 Å². The molecule has 0 aromatic heterocycles. The molecule has 3 aromatic carbocycles. The van der Waals surface area contributed by atoms with E-state index in [0.29, 0.717) is 6.04 Å². The predicted molar refractivity (Wildman–Crippen MR) is 145 cm³/mol. The maximum atomic E-state index is 10.3. The monoisotopic (exact) mass is 465 g/mol. The fraction of sp³-hybridized carbons (Fsp3) is 0.406. The van der Waals surface area contributed by atoms with Gasteiger partial charge in [-0.2, -0.15) is 5.26 Å². The lowest BCUT2D eigenvalue weighted by Gasteiger charge is -2.40. The summed E-state index contributed by atoms with van der Waals surface area (Å²) in [5.41, 5.74) is 4.74. The molecule has 1 fully saturated rings. The quantitative estimate of drug-likeness (QED) is 0.357. The molecule has 1 aliphatic heterocycles. The molecule has 0 saturated carbocycles. The normalized spacial score (nSPS) is 16.8. The first-order chi connectivity index (χ1) is 17.0. The Hall–Kier alpha value is -2.93. The number of nitrogens with zero attached hydrogens (tertiary/aromatic N) is 3. The molecular weight excluding hydrogens is 426 g/mol. The first kappa shape index (κ1) is 25.2. The van der Waals surface area contributed by atoms with Crippen molar-refractivity contribution in [3.05, 3.63) is 107 Å². The Labute approximate surface area is 212 Å². The molecule has 3 heteroatoms. The number of aryl methyl sites for hydroxylation is 1. The second-order valence-electron chi connectivity index (χ2n) is 10.3. The van der Waals surface area contributed by atoms with Crippen molar-refractivity contribution in [2.24, 2.45) is 5.92 Å². The average molecular weight is 466 g/mol. The lowest BCUT2D eigenvalue weighted by Crippen LogP contribution is -2.48. The molecule has 4 rings (SSSR count). The van der Waals surface area contributed by atoms with Crippen molar-refractivity contribution in [3.63, 3.8) is 0 Å². The lowest BCUT2D eigenvalue weighted by atomic mass is 9.68. The molecule has 1 saturated heterocycles. The van der Waals surface area contributed by atoms with Gasteiger partial charge < -0.3 is 4.90 Å². The molecule has 0 amide bonds. The first-order valence-corrected chi connectivity index (χ1v) is 13.1. The van der Waals surface area contributed by atoms with Gasteiger partial charge >= 0.3 is 0 Å². The highest BCUT2D eigenvalue weighted by molar-refractivity contribution is 5.39. The second-order valence-corrected chi connectivity index (χ2v) is 10.3. The first-order valence-electron chi connectivity index (χ1n) is 13.1. The molecule has 0 radical (unpaired) electrons. The third-order valence-corrected chi connectivity index (χ3v) is 7.86. The van der Waals surface area contributed by atoms with E-state index in [9.17, 15) is 5.26 Å². The topological polar surface area (TPSA) is 30.3 Å². The van der Waals surface area contributed by atoms with Crippen molar-refractivity contribution < 1.29 is 0 Å². The van der Waals surface area contributed by atoms with E-state index in [1.54, 1.807) is 0 Å². The molecule has 0 N–H and O–H groups in total. The largest absolute Gasteiger partial charge is 0.301 e. The van der Waals surface area contributed by atoms with Gasteiger partial charge in [0.25, 0.3) is 0 Å². The summed E-state index contributed by atoms with van der Waals surface area (Å²) in [7, 11) is 0. The lowest BCUT2D eigenvalue weighted by molar-refractivity contribution is 0.106. The number of piperazine rings is 1. The molecule has 1 aliphatic rings. The summed E-state index contributed by atoms with van der Waals surface area (Å²) in [6, 6.07) is 33.3. The highest BCUT2D eigenvalue weighted by Gasteiger charge is 2.37. The van der Waals surface area contributed by atoms with E-state index < -0.39 is 5.41 Å². The molecule has 35 heavy (non-hydrogen) atoms. The Morgan fingerprint density at radius 3 is 1.86 bits per heavy atom. The zero-order valence-electron chi connectivity index (χ0n) is 21.5. The van der Waals surface area contributed by atoms with Crippen molar-refractivity contribution in [2.75, 3.05) is 32.7 Å². The van der Waals surface area contributed by atoms with Gasteiger partial charge in [-0.05, 0) is 54.5 Å². The summed E-state index contributed by atoms with van der Waals surface area (Å²) < 4.78 is 0. The molecule has 3 nitrogen and oxygen atoms in total. The zero-order valence-corrected chi connectivity index (χ0v) is 21.5. The summed E-state index contributed by atoms with van der Waals surface area (Å²) in [6.07, 6.45) is 1.95. The van der Waals surface area contributed by atoms with Crippen LogP contribution in [0, 0.1) is 24.2 Å². The fourth-order valence-corrected chi connectivity index (χ4v) is 5.76. The number of hydrogen-bond acceptors (Lipinski definition) is 3. The Kier molecular flexibility index (Phi) is 8.39. The molecule has 0 spiro atoms. The summed E-state index contributed by atoms with van der Waals surface area (Å²) in [5.74, 6) is 0.281. The predicted octanol–water partition coefficient (Wildman–Crippen LogP) is 6.60. The standard InChI is InChI=1S/C32H39N3/c1-26(2)32(25-33,30-18-11-10-13-27(30)3)19-12-20-34-21-23-35(24-22-34)31(28-14-6-4-7-15-28)29-16-8-5-9-17-29/h4-11,13-18,26,31H,12,19-24H2,1-3H3. The van der Waals surface area contributed by atoms with E-state index in [4.69, 9.17) is 0 Å². The van der Waals surface area contributed by atoms with Gasteiger partial charge in [-0.3, -0.25) is 4.90 Å². The zero-order chi connectivity index (χ0) is 24.7. The van der Waals surface area contributed by atoms with E-state index in [2.05, 4.69) is 122 Å². The van der Waals surface area contributed by atoms with Crippen molar-refractivity contribution >= 4 is 0 Å². The van der Waals surface area contributed by atoms with Crippen molar-refractivity contribution in [1.29, 1.82) is 5.26 Å². The van der Waals surface area contributed by atoms with Gasteiger partial charge in [0.05, 0.1) is 17.5 Å². The van der Waals surface area contributed by atoms with Gasteiger partial charge in [0, 0.05) is 26.2 Å². The van der Waals surface area contributed by atoms with Crippen LogP contribution < -0.4 is 0 Å². The van der Waals surface area contributed by atoms with Gasteiger partial charge in [0.1, 0.15) is 0 Å². The van der Waals surface area contributed by atoms with Crippen LogP contribution in [0.3, 0.4) is 0 Å². The highest BCUT2D eigenvalue weighted by atomic mass is 15.3. The van der Waals surface area contributed by atoms with Crippen LogP contribution >= 0.6 is 0 Å². The SMILES string of the molecule is Cc1ccccc1C(C#N)(CCCN1CCN(C(c2ccccc2)c2ccccc2)CC1)C(C)C. The Morgan fingerprint density at radius 1 is 0.800 bits per heavy atom. The maximum absolute atomic E-state index is 10.3. The fourth-order valence-electron chi connectivity index (χ4n) is 5.76. The van der Waals surface area contributed by atoms with Crippen LogP contribution in [0.25, 0.3) is 0 Å². The number of hydrogen-bond donors (Lipinski definition) is 0. The van der Waals surface area contributed by atoms with E-state index in [1.165, 1.54) is 22.3 Å². The van der Waals surface area contributed by atoms with Crippen LogP contribution in [-0.2, 0) is 5.41 Å². The van der Waals surface area contributed by atoms with Crippen LogP contribution in [0.4, 0.5) is 0 Å². The second kappa shape index (κ2) is 11.7. The minimum atomic E-state index is -0.418. The van der Waals surface area contributed by atoms with E-state index in [0.717, 1.165) is 45.6 Å². The summed E-state index contributed by atoms with van der Waals surface area (Å²) in [4.78, 5) is 5.21. The van der Waals surface area contributed by atoms with Crippen LogP contribution in [0.2, 0.25) is 0 Å². The van der Waals surface area contributed by atoms with Gasteiger partial charge in [-0.1, -0.05) is 98.8 Å². The molecule has 0 aliphatic carbocycles. The Bertz CT molecular complexity index is 1050. The number of rotatable bonds is 9. The van der Waals surface area contributed by atoms with Crippen LogP contribution in [0.1, 0.15) is 55.0 Å². The third-order valence-electron chi connectivity index (χ3n) is 7.86. The number of nitriles is 1. The smallest absolute Gasteiger partial charge is 0.0848 e. The molecular formula is C32H39N3. The Morgan fingerprint density at radius 2 is 1.34 bits per heavy atom. The van der Waals surface area contributed by atoms with Crippen molar-refractivity contribution in [1.82, 2.24) is 9.80 Å². The van der Waals surface area contributed by atoms with E-state index in [-0.39, 0.29) is 5.92 Å². The van der Waals surface area contributed by atoms with Gasteiger partial charge in [0.2, 0.25) is 0 Å². The highest BCUT2D eigenvalue weighted by Crippen LogP contribution is 2.38.